The maximum atomic E-state index is 13.1. The molecule has 0 radical (unpaired) electrons. The van der Waals surface area contributed by atoms with Crippen LogP contribution >= 0.6 is 23.2 Å². The van der Waals surface area contributed by atoms with Crippen LogP contribution in [0.2, 0.25) is 10.0 Å². The van der Waals surface area contributed by atoms with E-state index in [1.165, 1.54) is 42.5 Å². The van der Waals surface area contributed by atoms with E-state index in [1.807, 2.05) is 13.8 Å². The lowest BCUT2D eigenvalue weighted by Crippen LogP contribution is -2.48. The number of nitrogens with one attached hydrogen (secondary N) is 1. The van der Waals surface area contributed by atoms with Crippen molar-refractivity contribution >= 4 is 52.7 Å². The van der Waals surface area contributed by atoms with Gasteiger partial charge in [0, 0.05) is 5.02 Å². The molecule has 3 rings (SSSR count). The maximum absolute atomic E-state index is 13.1. The van der Waals surface area contributed by atoms with E-state index in [4.69, 9.17) is 32.7 Å². The van der Waals surface area contributed by atoms with E-state index in [1.54, 1.807) is 24.3 Å². The number of rotatable bonds is 8. The number of carbonyl (C=O) groups excluding carboxylic acids is 3. The quantitative estimate of drug-likeness (QED) is 0.390. The molecule has 0 aliphatic heterocycles. The number of esters is 2. The number of carboxylic acids is 1. The fraction of sp³-hybridized carbons (Fsp3) is 0.154. The van der Waals surface area contributed by atoms with Crippen LogP contribution in [0.4, 0.5) is 5.69 Å². The van der Waals surface area contributed by atoms with E-state index in [9.17, 15) is 24.3 Å². The number of aliphatic carboxylic acids is 1. The number of hydrogen-bond donors (Lipinski definition) is 2. The van der Waals surface area contributed by atoms with Gasteiger partial charge in [-0.2, -0.15) is 0 Å². The SMILES string of the molecule is Cc1ccc(C(=O)O[C@H](C(=O)O)[C@H](OC(=O)c2ccc(C)cc2)C(=O)Nc2ccc(Cl)cc2Cl)cc1. The molecule has 2 atom stereocenters. The molecule has 0 saturated heterocycles. The molecule has 186 valence electrons. The number of ether oxygens (including phenoxy) is 2. The van der Waals surface area contributed by atoms with Crippen molar-refractivity contribution in [2.75, 3.05) is 5.32 Å². The van der Waals surface area contributed by atoms with Gasteiger partial charge in [-0.1, -0.05) is 58.6 Å². The zero-order valence-electron chi connectivity index (χ0n) is 19.2. The zero-order chi connectivity index (χ0) is 26.4. The summed E-state index contributed by atoms with van der Waals surface area (Å²) in [6.45, 7) is 3.62. The molecule has 3 aromatic carbocycles. The van der Waals surface area contributed by atoms with Gasteiger partial charge < -0.3 is 19.9 Å². The van der Waals surface area contributed by atoms with Gasteiger partial charge in [-0.25, -0.2) is 14.4 Å². The summed E-state index contributed by atoms with van der Waals surface area (Å²) >= 11 is 12.0. The molecule has 0 heterocycles. The number of hydrogen-bond acceptors (Lipinski definition) is 6. The lowest BCUT2D eigenvalue weighted by molar-refractivity contribution is -0.157. The first kappa shape index (κ1) is 26.7. The number of carboxylic acid groups (broad SMARTS) is 1. The summed E-state index contributed by atoms with van der Waals surface area (Å²) in [6, 6.07) is 16.5. The van der Waals surface area contributed by atoms with Crippen molar-refractivity contribution in [1.82, 2.24) is 0 Å². The number of amides is 1. The molecular formula is C26H21Cl2NO7. The highest BCUT2D eigenvalue weighted by Crippen LogP contribution is 2.26. The minimum atomic E-state index is -2.17. The van der Waals surface area contributed by atoms with Crippen LogP contribution < -0.4 is 5.32 Å². The first-order valence-corrected chi connectivity index (χ1v) is 11.3. The smallest absolute Gasteiger partial charge is 0.349 e. The number of aryl methyl sites for hydroxylation is 2. The molecule has 0 aliphatic carbocycles. The first-order chi connectivity index (χ1) is 17.0. The Labute approximate surface area is 216 Å². The Bertz CT molecular complexity index is 1290. The second-order valence-corrected chi connectivity index (χ2v) is 8.68. The van der Waals surface area contributed by atoms with Crippen molar-refractivity contribution in [2.24, 2.45) is 0 Å². The van der Waals surface area contributed by atoms with Crippen molar-refractivity contribution < 1.29 is 33.8 Å². The minimum Gasteiger partial charge on any atom is -0.478 e. The predicted molar refractivity (Wildman–Crippen MR) is 133 cm³/mol. The first-order valence-electron chi connectivity index (χ1n) is 10.6. The molecule has 0 bridgehead atoms. The molecule has 36 heavy (non-hydrogen) atoms. The summed E-state index contributed by atoms with van der Waals surface area (Å²) in [5.74, 6) is -4.79. The van der Waals surface area contributed by atoms with Crippen LogP contribution in [-0.4, -0.2) is 41.1 Å². The lowest BCUT2D eigenvalue weighted by atomic mass is 10.1. The third kappa shape index (κ3) is 6.84. The lowest BCUT2D eigenvalue weighted by Gasteiger charge is -2.24. The van der Waals surface area contributed by atoms with E-state index in [0.717, 1.165) is 11.1 Å². The van der Waals surface area contributed by atoms with E-state index in [0.29, 0.717) is 5.02 Å². The fourth-order valence-corrected chi connectivity index (χ4v) is 3.49. The number of benzene rings is 3. The molecule has 0 fully saturated rings. The summed E-state index contributed by atoms with van der Waals surface area (Å²) in [7, 11) is 0. The van der Waals surface area contributed by atoms with Crippen molar-refractivity contribution in [3.8, 4) is 0 Å². The van der Waals surface area contributed by atoms with Gasteiger partial charge in [0.1, 0.15) is 0 Å². The average Bonchev–Trinajstić information content (AvgIpc) is 2.83. The van der Waals surface area contributed by atoms with Crippen molar-refractivity contribution in [3.63, 3.8) is 0 Å². The van der Waals surface area contributed by atoms with Gasteiger partial charge in [0.05, 0.1) is 21.8 Å². The fourth-order valence-electron chi connectivity index (χ4n) is 3.04. The highest BCUT2D eigenvalue weighted by Gasteiger charge is 2.41. The Balaban J connectivity index is 1.92. The highest BCUT2D eigenvalue weighted by atomic mass is 35.5. The zero-order valence-corrected chi connectivity index (χ0v) is 20.7. The van der Waals surface area contributed by atoms with E-state index in [-0.39, 0.29) is 21.8 Å². The van der Waals surface area contributed by atoms with Crippen molar-refractivity contribution in [1.29, 1.82) is 0 Å². The molecule has 8 nitrogen and oxygen atoms in total. The molecule has 0 aliphatic rings. The summed E-state index contributed by atoms with van der Waals surface area (Å²) in [5, 5.41) is 12.6. The van der Waals surface area contributed by atoms with Gasteiger partial charge in [-0.05, 0) is 56.3 Å². The van der Waals surface area contributed by atoms with Crippen LogP contribution in [0.25, 0.3) is 0 Å². The summed E-state index contributed by atoms with van der Waals surface area (Å²) in [6.07, 6.45) is -4.23. The van der Waals surface area contributed by atoms with E-state index < -0.39 is 36.0 Å². The molecule has 3 aromatic rings. The molecule has 2 N–H and O–H groups in total. The van der Waals surface area contributed by atoms with Gasteiger partial charge in [-0.3, -0.25) is 4.79 Å². The average molecular weight is 530 g/mol. The van der Waals surface area contributed by atoms with Crippen LogP contribution in [0.5, 0.6) is 0 Å². The van der Waals surface area contributed by atoms with Gasteiger partial charge in [0.2, 0.25) is 12.2 Å². The monoisotopic (exact) mass is 529 g/mol. The van der Waals surface area contributed by atoms with Crippen LogP contribution in [0.15, 0.2) is 66.7 Å². The Morgan fingerprint density at radius 2 is 1.22 bits per heavy atom. The number of halogens is 2. The van der Waals surface area contributed by atoms with Gasteiger partial charge in [-0.15, -0.1) is 0 Å². The molecule has 0 unspecified atom stereocenters. The minimum absolute atomic E-state index is 0.0524. The molecule has 0 aromatic heterocycles. The van der Waals surface area contributed by atoms with Crippen LogP contribution in [-0.2, 0) is 19.1 Å². The number of carbonyl (C=O) groups is 4. The Morgan fingerprint density at radius 3 is 1.67 bits per heavy atom. The molecule has 10 heteroatoms. The topological polar surface area (TPSA) is 119 Å². The Hall–Kier alpha value is -3.88. The van der Waals surface area contributed by atoms with E-state index >= 15 is 0 Å². The molecule has 0 spiro atoms. The highest BCUT2D eigenvalue weighted by molar-refractivity contribution is 6.36. The Morgan fingerprint density at radius 1 is 0.750 bits per heavy atom. The second-order valence-electron chi connectivity index (χ2n) is 7.84. The van der Waals surface area contributed by atoms with Crippen LogP contribution in [0, 0.1) is 13.8 Å². The third-order valence-corrected chi connectivity index (χ3v) is 5.56. The number of anilines is 1. The molecule has 1 amide bonds. The largest absolute Gasteiger partial charge is 0.478 e. The van der Waals surface area contributed by atoms with Crippen molar-refractivity contribution in [2.45, 2.75) is 26.1 Å². The van der Waals surface area contributed by atoms with Gasteiger partial charge >= 0.3 is 17.9 Å². The normalized spacial score (nSPS) is 12.2. The summed E-state index contributed by atoms with van der Waals surface area (Å²) < 4.78 is 10.4. The van der Waals surface area contributed by atoms with Gasteiger partial charge in [0.15, 0.2) is 0 Å². The van der Waals surface area contributed by atoms with Crippen LogP contribution in [0.3, 0.4) is 0 Å². The maximum Gasteiger partial charge on any atom is 0.349 e. The second kappa shape index (κ2) is 11.7. The molecular weight excluding hydrogens is 509 g/mol. The van der Waals surface area contributed by atoms with Crippen LogP contribution in [0.1, 0.15) is 31.8 Å². The molecule has 0 saturated carbocycles. The van der Waals surface area contributed by atoms with Gasteiger partial charge in [0.25, 0.3) is 5.91 Å². The predicted octanol–water partition coefficient (Wildman–Crippen LogP) is 5.08. The third-order valence-electron chi connectivity index (χ3n) is 5.01. The summed E-state index contributed by atoms with van der Waals surface area (Å²) in [4.78, 5) is 50.7. The standard InChI is InChI=1S/C26H21Cl2NO7/c1-14-3-7-16(8-4-14)25(33)35-21(23(30)29-20-12-11-18(27)13-19(20)28)22(24(31)32)36-26(34)17-9-5-15(2)6-10-17/h3-13,21-22H,1-2H3,(H,29,30)(H,31,32)/t21-,22-/m0/s1. The van der Waals surface area contributed by atoms with Crippen molar-refractivity contribution in [3.05, 3.63) is 99.0 Å². The Kier molecular flexibility index (Phi) is 8.68. The summed E-state index contributed by atoms with van der Waals surface area (Å²) in [5.41, 5.74) is 1.93. The van der Waals surface area contributed by atoms with E-state index in [2.05, 4.69) is 5.32 Å².